The monoisotopic (exact) mass is 464 g/mol. The van der Waals surface area contributed by atoms with Crippen molar-refractivity contribution in [1.29, 1.82) is 0 Å². The van der Waals surface area contributed by atoms with Crippen LogP contribution in [0.4, 0.5) is 0 Å². The number of hydrogen-bond acceptors (Lipinski definition) is 6. The molecule has 34 heavy (non-hydrogen) atoms. The molecule has 0 radical (unpaired) electrons. The van der Waals surface area contributed by atoms with E-state index in [0.29, 0.717) is 19.8 Å². The molecule has 180 valence electrons. The first-order chi connectivity index (χ1) is 16.7. The summed E-state index contributed by atoms with van der Waals surface area (Å²) in [5.74, 6) is 0. The van der Waals surface area contributed by atoms with Gasteiger partial charge in [0.05, 0.1) is 26.4 Å². The van der Waals surface area contributed by atoms with Gasteiger partial charge in [-0.1, -0.05) is 91.0 Å². The van der Waals surface area contributed by atoms with Crippen LogP contribution in [0.25, 0.3) is 0 Å². The average molecular weight is 465 g/mol. The number of methoxy groups -OCH3 is 1. The molecule has 0 bridgehead atoms. The Labute approximate surface area is 201 Å². The Morgan fingerprint density at radius 2 is 1.15 bits per heavy atom. The Morgan fingerprint density at radius 1 is 0.676 bits per heavy atom. The van der Waals surface area contributed by atoms with Gasteiger partial charge in [-0.15, -0.1) is 0 Å². The Morgan fingerprint density at radius 3 is 1.65 bits per heavy atom. The van der Waals surface area contributed by atoms with E-state index >= 15 is 0 Å². The van der Waals surface area contributed by atoms with Crippen molar-refractivity contribution in [2.24, 2.45) is 0 Å². The van der Waals surface area contributed by atoms with Gasteiger partial charge in [0, 0.05) is 7.11 Å². The van der Waals surface area contributed by atoms with Crippen LogP contribution in [0.3, 0.4) is 0 Å². The molecule has 1 heterocycles. The first-order valence-electron chi connectivity index (χ1n) is 11.5. The lowest BCUT2D eigenvalue weighted by Crippen LogP contribution is -2.60. The lowest BCUT2D eigenvalue weighted by Gasteiger charge is -2.43. The van der Waals surface area contributed by atoms with Crippen LogP contribution in [0.1, 0.15) is 16.7 Å². The van der Waals surface area contributed by atoms with E-state index in [4.69, 9.17) is 23.7 Å². The summed E-state index contributed by atoms with van der Waals surface area (Å²) in [5.41, 5.74) is 3.10. The van der Waals surface area contributed by atoms with Crippen LogP contribution in [0, 0.1) is 0 Å². The van der Waals surface area contributed by atoms with E-state index in [9.17, 15) is 5.11 Å². The summed E-state index contributed by atoms with van der Waals surface area (Å²) in [5, 5.41) is 11.0. The Kier molecular flexibility index (Phi) is 9.21. The van der Waals surface area contributed by atoms with Crippen LogP contribution in [-0.4, -0.2) is 49.5 Å². The number of aliphatic hydroxyl groups is 1. The minimum absolute atomic E-state index is 0.270. The molecule has 4 rings (SSSR count). The quantitative estimate of drug-likeness (QED) is 0.461. The van der Waals surface area contributed by atoms with Crippen molar-refractivity contribution >= 4 is 0 Å². The van der Waals surface area contributed by atoms with E-state index in [0.717, 1.165) is 16.7 Å². The van der Waals surface area contributed by atoms with E-state index in [1.54, 1.807) is 0 Å². The summed E-state index contributed by atoms with van der Waals surface area (Å²) in [6.07, 6.45) is -3.56. The maximum Gasteiger partial charge on any atom is 0.186 e. The van der Waals surface area contributed by atoms with Crippen molar-refractivity contribution in [2.45, 2.75) is 50.5 Å². The summed E-state index contributed by atoms with van der Waals surface area (Å²) in [6, 6.07) is 29.7. The molecule has 0 unspecified atom stereocenters. The predicted octanol–water partition coefficient (Wildman–Crippen LogP) is 4.11. The molecule has 0 aromatic heterocycles. The SMILES string of the molecule is CO[C@H]1O[C@H](COCc2ccccc2)[C@@H](OCc2ccccc2)[C@@H](OCc2ccccc2)[C@@H]1O. The predicted molar refractivity (Wildman–Crippen MR) is 128 cm³/mol. The lowest BCUT2D eigenvalue weighted by molar-refractivity contribution is -0.313. The molecule has 3 aromatic rings. The van der Waals surface area contributed by atoms with E-state index in [-0.39, 0.29) is 6.61 Å². The van der Waals surface area contributed by atoms with E-state index < -0.39 is 30.7 Å². The lowest BCUT2D eigenvalue weighted by atomic mass is 9.98. The number of aliphatic hydroxyl groups excluding tert-OH is 1. The van der Waals surface area contributed by atoms with Crippen LogP contribution in [0.5, 0.6) is 0 Å². The maximum absolute atomic E-state index is 11.0. The molecule has 6 heteroatoms. The van der Waals surface area contributed by atoms with Crippen molar-refractivity contribution in [3.05, 3.63) is 108 Å². The number of rotatable bonds is 11. The molecule has 1 aliphatic rings. The van der Waals surface area contributed by atoms with E-state index in [2.05, 4.69) is 0 Å². The molecule has 5 atom stereocenters. The van der Waals surface area contributed by atoms with Gasteiger partial charge in [-0.05, 0) is 16.7 Å². The van der Waals surface area contributed by atoms with Crippen LogP contribution in [0.15, 0.2) is 91.0 Å². The van der Waals surface area contributed by atoms with Crippen molar-refractivity contribution in [3.63, 3.8) is 0 Å². The van der Waals surface area contributed by atoms with E-state index in [1.807, 2.05) is 91.0 Å². The van der Waals surface area contributed by atoms with Gasteiger partial charge in [0.1, 0.15) is 24.4 Å². The summed E-state index contributed by atoms with van der Waals surface area (Å²) in [7, 11) is 1.51. The van der Waals surface area contributed by atoms with Gasteiger partial charge in [0.25, 0.3) is 0 Å². The molecule has 0 spiro atoms. The molecule has 1 fully saturated rings. The van der Waals surface area contributed by atoms with Gasteiger partial charge in [-0.25, -0.2) is 0 Å². The molecule has 6 nitrogen and oxygen atoms in total. The van der Waals surface area contributed by atoms with Gasteiger partial charge in [-0.2, -0.15) is 0 Å². The zero-order valence-corrected chi connectivity index (χ0v) is 19.4. The second-order valence-electron chi connectivity index (χ2n) is 8.29. The molecule has 1 N–H and O–H groups in total. The summed E-state index contributed by atoms with van der Waals surface area (Å²) < 4.78 is 30.0. The third kappa shape index (κ3) is 6.73. The fraction of sp³-hybridized carbons (Fsp3) is 0.357. The second kappa shape index (κ2) is 12.8. The molecule has 0 saturated carbocycles. The first kappa shape index (κ1) is 24.5. The van der Waals surface area contributed by atoms with Crippen LogP contribution < -0.4 is 0 Å². The number of ether oxygens (including phenoxy) is 5. The molecule has 0 aliphatic carbocycles. The van der Waals surface area contributed by atoms with Crippen LogP contribution >= 0.6 is 0 Å². The zero-order valence-electron chi connectivity index (χ0n) is 19.4. The second-order valence-corrected chi connectivity index (χ2v) is 8.29. The molecular weight excluding hydrogens is 432 g/mol. The third-order valence-electron chi connectivity index (χ3n) is 5.81. The first-order valence-corrected chi connectivity index (χ1v) is 11.5. The highest BCUT2D eigenvalue weighted by Gasteiger charge is 2.47. The van der Waals surface area contributed by atoms with Crippen LogP contribution in [-0.2, 0) is 43.5 Å². The Bertz CT molecular complexity index is 952. The van der Waals surface area contributed by atoms with Gasteiger partial charge < -0.3 is 28.8 Å². The smallest absolute Gasteiger partial charge is 0.186 e. The Balaban J connectivity index is 1.48. The zero-order chi connectivity index (χ0) is 23.6. The maximum atomic E-state index is 11.0. The fourth-order valence-corrected chi connectivity index (χ4v) is 4.02. The minimum atomic E-state index is -1.01. The number of benzene rings is 3. The van der Waals surface area contributed by atoms with Crippen molar-refractivity contribution < 1.29 is 28.8 Å². The molecule has 3 aromatic carbocycles. The van der Waals surface area contributed by atoms with Crippen molar-refractivity contribution in [1.82, 2.24) is 0 Å². The van der Waals surface area contributed by atoms with E-state index in [1.165, 1.54) is 7.11 Å². The standard InChI is InChI=1S/C28H32O6/c1-30-28-25(29)27(33-19-23-15-9-4-10-16-23)26(32-18-22-13-7-3-8-14-22)24(34-28)20-31-17-21-11-5-2-6-12-21/h2-16,24-29H,17-20H2,1H3/t24-,25+,26-,27+,28+/m1/s1. The highest BCUT2D eigenvalue weighted by Crippen LogP contribution is 2.28. The highest BCUT2D eigenvalue weighted by atomic mass is 16.7. The normalized spacial score (nSPS) is 24.7. The van der Waals surface area contributed by atoms with Gasteiger partial charge in [0.2, 0.25) is 0 Å². The third-order valence-corrected chi connectivity index (χ3v) is 5.81. The van der Waals surface area contributed by atoms with Gasteiger partial charge in [-0.3, -0.25) is 0 Å². The molecule has 1 saturated heterocycles. The average Bonchev–Trinajstić information content (AvgIpc) is 2.89. The van der Waals surface area contributed by atoms with Gasteiger partial charge >= 0.3 is 0 Å². The largest absolute Gasteiger partial charge is 0.385 e. The molecular formula is C28H32O6. The van der Waals surface area contributed by atoms with Crippen molar-refractivity contribution in [3.8, 4) is 0 Å². The summed E-state index contributed by atoms with van der Waals surface area (Å²) >= 11 is 0. The topological polar surface area (TPSA) is 66.4 Å². The Hall–Kier alpha value is -2.58. The van der Waals surface area contributed by atoms with Gasteiger partial charge in [0.15, 0.2) is 6.29 Å². The molecule has 1 aliphatic heterocycles. The summed E-state index contributed by atoms with van der Waals surface area (Å²) in [6.45, 7) is 1.41. The molecule has 0 amide bonds. The van der Waals surface area contributed by atoms with Crippen molar-refractivity contribution in [2.75, 3.05) is 13.7 Å². The number of hydrogen-bond donors (Lipinski definition) is 1. The highest BCUT2D eigenvalue weighted by molar-refractivity contribution is 5.15. The fourth-order valence-electron chi connectivity index (χ4n) is 4.02. The summed E-state index contributed by atoms with van der Waals surface area (Å²) in [4.78, 5) is 0. The van der Waals surface area contributed by atoms with Crippen LogP contribution in [0.2, 0.25) is 0 Å². The minimum Gasteiger partial charge on any atom is -0.385 e.